The van der Waals surface area contributed by atoms with Crippen LogP contribution in [0, 0.1) is 0 Å². The Balaban J connectivity index is 1.26. The molecule has 0 aliphatic carbocycles. The second-order valence-electron chi connectivity index (χ2n) is 7.46. The molecule has 2 aromatic rings. The molecule has 0 saturated carbocycles. The van der Waals surface area contributed by atoms with Crippen molar-refractivity contribution in [2.24, 2.45) is 0 Å². The highest BCUT2D eigenvalue weighted by Gasteiger charge is 2.22. The molecule has 1 amide bonds. The lowest BCUT2D eigenvalue weighted by atomic mass is 10.1. The lowest BCUT2D eigenvalue weighted by Crippen LogP contribution is -2.50. The Morgan fingerprint density at radius 3 is 2.61 bits per heavy atom. The average molecular weight is 386 g/mol. The number of aromatic nitrogens is 2. The van der Waals surface area contributed by atoms with Crippen molar-refractivity contribution < 1.29 is 18.7 Å². The van der Waals surface area contributed by atoms with Gasteiger partial charge in [-0.05, 0) is 31.5 Å². The topological polar surface area (TPSA) is 80.9 Å². The second kappa shape index (κ2) is 8.18. The average Bonchev–Trinajstić information content (AvgIpc) is 3.35. The number of carbonyl (C=O) groups excluding carboxylic acids is 1. The Hall–Kier alpha value is -2.61. The third kappa shape index (κ3) is 4.27. The van der Waals surface area contributed by atoms with Gasteiger partial charge in [0, 0.05) is 45.1 Å². The molecule has 1 aromatic heterocycles. The van der Waals surface area contributed by atoms with Gasteiger partial charge in [-0.15, -0.1) is 10.2 Å². The van der Waals surface area contributed by atoms with Crippen molar-refractivity contribution in [1.82, 2.24) is 20.0 Å². The van der Waals surface area contributed by atoms with Crippen LogP contribution < -0.4 is 9.47 Å². The van der Waals surface area contributed by atoms with E-state index >= 15 is 0 Å². The third-order valence-corrected chi connectivity index (χ3v) is 5.25. The van der Waals surface area contributed by atoms with Gasteiger partial charge in [0.05, 0.1) is 6.42 Å². The molecule has 8 heteroatoms. The van der Waals surface area contributed by atoms with Gasteiger partial charge in [-0.2, -0.15) is 0 Å². The molecule has 0 radical (unpaired) electrons. The van der Waals surface area contributed by atoms with Crippen molar-refractivity contribution in [2.75, 3.05) is 33.0 Å². The molecule has 2 aliphatic rings. The summed E-state index contributed by atoms with van der Waals surface area (Å²) in [6, 6.07) is 6.29. The van der Waals surface area contributed by atoms with Gasteiger partial charge in [-0.3, -0.25) is 9.69 Å². The standard InChI is InChI=1S/C20H26N4O4/c1-14(2)23-7-9-24(10-8-23)20(25)6-5-18-21-22-19(28-18)12-15-3-4-16-17(11-15)27-13-26-16/h3-4,11,14H,5-10,12-13H2,1-2H3. The van der Waals surface area contributed by atoms with E-state index in [1.165, 1.54) is 0 Å². The van der Waals surface area contributed by atoms with Gasteiger partial charge in [0.25, 0.3) is 0 Å². The minimum atomic E-state index is 0.152. The molecule has 1 aromatic carbocycles. The highest BCUT2D eigenvalue weighted by molar-refractivity contribution is 5.76. The molecular formula is C20H26N4O4. The van der Waals surface area contributed by atoms with Crippen LogP contribution >= 0.6 is 0 Å². The molecule has 1 saturated heterocycles. The largest absolute Gasteiger partial charge is 0.454 e. The number of carbonyl (C=O) groups is 1. The summed E-state index contributed by atoms with van der Waals surface area (Å²) >= 11 is 0. The number of piperazine rings is 1. The Bertz CT molecular complexity index is 827. The van der Waals surface area contributed by atoms with Crippen LogP contribution in [0.4, 0.5) is 0 Å². The van der Waals surface area contributed by atoms with Crippen LogP contribution in [0.5, 0.6) is 11.5 Å². The lowest BCUT2D eigenvalue weighted by molar-refractivity contribution is -0.133. The summed E-state index contributed by atoms with van der Waals surface area (Å²) in [6.45, 7) is 8.08. The number of hydrogen-bond donors (Lipinski definition) is 0. The van der Waals surface area contributed by atoms with E-state index in [1.807, 2.05) is 23.1 Å². The molecule has 0 N–H and O–H groups in total. The van der Waals surface area contributed by atoms with Crippen LogP contribution in [0.25, 0.3) is 0 Å². The minimum Gasteiger partial charge on any atom is -0.454 e. The summed E-state index contributed by atoms with van der Waals surface area (Å²) in [5.74, 6) is 2.68. The van der Waals surface area contributed by atoms with E-state index < -0.39 is 0 Å². The van der Waals surface area contributed by atoms with Gasteiger partial charge in [0.15, 0.2) is 11.5 Å². The molecule has 2 aliphatic heterocycles. The van der Waals surface area contributed by atoms with Crippen LogP contribution in [0.1, 0.15) is 37.6 Å². The van der Waals surface area contributed by atoms with Crippen LogP contribution in [0.3, 0.4) is 0 Å². The predicted octanol–water partition coefficient (Wildman–Crippen LogP) is 1.87. The Morgan fingerprint density at radius 1 is 1.07 bits per heavy atom. The third-order valence-electron chi connectivity index (χ3n) is 5.25. The van der Waals surface area contributed by atoms with Crippen molar-refractivity contribution >= 4 is 5.91 Å². The van der Waals surface area contributed by atoms with E-state index in [0.717, 1.165) is 43.2 Å². The zero-order valence-corrected chi connectivity index (χ0v) is 16.4. The first kappa shape index (κ1) is 18.7. The van der Waals surface area contributed by atoms with Gasteiger partial charge >= 0.3 is 0 Å². The number of amides is 1. The Morgan fingerprint density at radius 2 is 1.82 bits per heavy atom. The van der Waals surface area contributed by atoms with Crippen molar-refractivity contribution in [3.63, 3.8) is 0 Å². The summed E-state index contributed by atoms with van der Waals surface area (Å²) in [6.07, 6.45) is 1.39. The van der Waals surface area contributed by atoms with Crippen molar-refractivity contribution in [2.45, 2.75) is 39.2 Å². The summed E-state index contributed by atoms with van der Waals surface area (Å²) in [4.78, 5) is 16.8. The predicted molar refractivity (Wildman–Crippen MR) is 101 cm³/mol. The minimum absolute atomic E-state index is 0.152. The molecule has 8 nitrogen and oxygen atoms in total. The van der Waals surface area contributed by atoms with Crippen molar-refractivity contribution in [1.29, 1.82) is 0 Å². The van der Waals surface area contributed by atoms with Gasteiger partial charge < -0.3 is 18.8 Å². The SMILES string of the molecule is CC(C)N1CCN(C(=O)CCc2nnc(Cc3ccc4c(c3)OCO4)o2)CC1. The number of nitrogens with zero attached hydrogens (tertiary/aromatic N) is 4. The number of ether oxygens (including phenoxy) is 2. The zero-order valence-electron chi connectivity index (χ0n) is 16.4. The van der Waals surface area contributed by atoms with Gasteiger partial charge in [-0.1, -0.05) is 6.07 Å². The number of aryl methyl sites for hydroxylation is 1. The van der Waals surface area contributed by atoms with E-state index in [2.05, 4.69) is 28.9 Å². The highest BCUT2D eigenvalue weighted by atomic mass is 16.7. The first-order valence-electron chi connectivity index (χ1n) is 9.80. The van der Waals surface area contributed by atoms with E-state index in [0.29, 0.717) is 37.1 Å². The van der Waals surface area contributed by atoms with Gasteiger partial charge in [0.1, 0.15) is 0 Å². The molecular weight excluding hydrogens is 360 g/mol. The van der Waals surface area contributed by atoms with Crippen LogP contribution in [-0.4, -0.2) is 64.9 Å². The zero-order chi connectivity index (χ0) is 19.5. The van der Waals surface area contributed by atoms with Crippen LogP contribution in [0.2, 0.25) is 0 Å². The molecule has 0 unspecified atom stereocenters. The summed E-state index contributed by atoms with van der Waals surface area (Å²) in [5.41, 5.74) is 1.01. The van der Waals surface area contributed by atoms with Gasteiger partial charge in [-0.25, -0.2) is 0 Å². The number of benzene rings is 1. The molecule has 3 heterocycles. The Labute approximate surface area is 164 Å². The van der Waals surface area contributed by atoms with E-state index in [-0.39, 0.29) is 12.7 Å². The Kier molecular flexibility index (Phi) is 5.47. The van der Waals surface area contributed by atoms with Crippen molar-refractivity contribution in [3.05, 3.63) is 35.5 Å². The summed E-state index contributed by atoms with van der Waals surface area (Å²) < 4.78 is 16.4. The maximum Gasteiger partial charge on any atom is 0.231 e. The molecule has 1 fully saturated rings. The first-order chi connectivity index (χ1) is 13.6. The second-order valence-corrected chi connectivity index (χ2v) is 7.46. The first-order valence-corrected chi connectivity index (χ1v) is 9.80. The number of fused-ring (bicyclic) bond motifs is 1. The normalized spacial score (nSPS) is 16.8. The fraction of sp³-hybridized carbons (Fsp3) is 0.550. The molecule has 0 atom stereocenters. The van der Waals surface area contributed by atoms with E-state index in [9.17, 15) is 4.79 Å². The molecule has 0 bridgehead atoms. The summed E-state index contributed by atoms with van der Waals surface area (Å²) in [7, 11) is 0. The monoisotopic (exact) mass is 386 g/mol. The molecule has 28 heavy (non-hydrogen) atoms. The van der Waals surface area contributed by atoms with Gasteiger partial charge in [0.2, 0.25) is 24.5 Å². The fourth-order valence-corrected chi connectivity index (χ4v) is 3.55. The lowest BCUT2D eigenvalue weighted by Gasteiger charge is -2.36. The quantitative estimate of drug-likeness (QED) is 0.750. The van der Waals surface area contributed by atoms with Crippen molar-refractivity contribution in [3.8, 4) is 11.5 Å². The maximum atomic E-state index is 12.4. The fourth-order valence-electron chi connectivity index (χ4n) is 3.55. The number of rotatable bonds is 6. The highest BCUT2D eigenvalue weighted by Crippen LogP contribution is 2.33. The molecule has 0 spiro atoms. The molecule has 4 rings (SSSR count). The summed E-state index contributed by atoms with van der Waals surface area (Å²) in [5, 5.41) is 8.19. The smallest absolute Gasteiger partial charge is 0.231 e. The van der Waals surface area contributed by atoms with E-state index in [4.69, 9.17) is 13.9 Å². The van der Waals surface area contributed by atoms with Crippen LogP contribution in [-0.2, 0) is 17.6 Å². The number of hydrogen-bond acceptors (Lipinski definition) is 7. The maximum absolute atomic E-state index is 12.4. The van der Waals surface area contributed by atoms with Crippen LogP contribution in [0.15, 0.2) is 22.6 Å². The molecule has 150 valence electrons. The van der Waals surface area contributed by atoms with E-state index in [1.54, 1.807) is 0 Å².